The van der Waals surface area contributed by atoms with Crippen LogP contribution in [0.4, 0.5) is 21.5 Å². The number of hydrogen-bond donors (Lipinski definition) is 2. The van der Waals surface area contributed by atoms with Crippen molar-refractivity contribution in [1.29, 1.82) is 0 Å². The second kappa shape index (κ2) is 3.45. The molecule has 1 saturated carbocycles. The van der Waals surface area contributed by atoms with Crippen molar-refractivity contribution in [3.8, 4) is 0 Å². The van der Waals surface area contributed by atoms with Crippen molar-refractivity contribution in [2.24, 2.45) is 0 Å². The Balaban J connectivity index is 2.49. The van der Waals surface area contributed by atoms with E-state index in [-0.39, 0.29) is 10.7 Å². The van der Waals surface area contributed by atoms with Crippen LogP contribution in [0.15, 0.2) is 6.07 Å². The van der Waals surface area contributed by atoms with E-state index in [1.165, 1.54) is 6.07 Å². The first-order chi connectivity index (χ1) is 7.02. The Hall–Kier alpha value is -1.16. The number of halogens is 2. The van der Waals surface area contributed by atoms with Crippen LogP contribution in [0, 0.1) is 5.82 Å². The summed E-state index contributed by atoms with van der Waals surface area (Å²) in [6, 6.07) is 1.88. The minimum atomic E-state index is -0.524. The average Bonchev–Trinajstić information content (AvgIpc) is 2.97. The van der Waals surface area contributed by atoms with Gasteiger partial charge < -0.3 is 16.4 Å². The molecule has 1 fully saturated rings. The standard InChI is InChI=1S/C10H13ClFN3/c1-15(5-2-3-5)10-7(14)4-6(13)8(11)9(10)12/h4-5H,2-3,13-14H2,1H3. The third-order valence-electron chi connectivity index (χ3n) is 2.69. The van der Waals surface area contributed by atoms with E-state index in [9.17, 15) is 4.39 Å². The van der Waals surface area contributed by atoms with Gasteiger partial charge in [0.2, 0.25) is 0 Å². The zero-order valence-corrected chi connectivity index (χ0v) is 9.18. The lowest BCUT2D eigenvalue weighted by molar-refractivity contribution is 0.624. The van der Waals surface area contributed by atoms with Crippen LogP contribution in [0.3, 0.4) is 0 Å². The van der Waals surface area contributed by atoms with Crippen LogP contribution in [0.2, 0.25) is 5.02 Å². The van der Waals surface area contributed by atoms with Gasteiger partial charge in [-0.05, 0) is 18.9 Å². The zero-order chi connectivity index (χ0) is 11.2. The molecular formula is C10H13ClFN3. The zero-order valence-electron chi connectivity index (χ0n) is 8.43. The molecule has 0 heterocycles. The molecule has 82 valence electrons. The highest BCUT2D eigenvalue weighted by Crippen LogP contribution is 2.39. The number of benzene rings is 1. The Kier molecular flexibility index (Phi) is 2.38. The molecule has 15 heavy (non-hydrogen) atoms. The van der Waals surface area contributed by atoms with Gasteiger partial charge in [0.05, 0.1) is 17.1 Å². The molecule has 0 unspecified atom stereocenters. The normalized spacial score (nSPS) is 15.4. The van der Waals surface area contributed by atoms with Crippen LogP contribution in [-0.2, 0) is 0 Å². The third-order valence-corrected chi connectivity index (χ3v) is 3.07. The van der Waals surface area contributed by atoms with Gasteiger partial charge in [0.1, 0.15) is 5.02 Å². The summed E-state index contributed by atoms with van der Waals surface area (Å²) in [6.07, 6.45) is 2.13. The quantitative estimate of drug-likeness (QED) is 0.765. The lowest BCUT2D eigenvalue weighted by atomic mass is 10.2. The number of anilines is 3. The number of rotatable bonds is 2. The summed E-state index contributed by atoms with van der Waals surface area (Å²) in [5.41, 5.74) is 12.1. The number of hydrogen-bond acceptors (Lipinski definition) is 3. The molecule has 0 saturated heterocycles. The van der Waals surface area contributed by atoms with E-state index in [1.54, 1.807) is 0 Å². The lowest BCUT2D eigenvalue weighted by Crippen LogP contribution is -2.22. The molecule has 0 amide bonds. The van der Waals surface area contributed by atoms with Gasteiger partial charge in [0.15, 0.2) is 5.82 Å². The minimum Gasteiger partial charge on any atom is -0.397 e. The van der Waals surface area contributed by atoms with E-state index in [4.69, 9.17) is 23.1 Å². The summed E-state index contributed by atoms with van der Waals surface area (Å²) in [5.74, 6) is -0.524. The Labute approximate surface area is 92.8 Å². The Morgan fingerprint density at radius 1 is 1.40 bits per heavy atom. The van der Waals surface area contributed by atoms with Crippen LogP contribution in [-0.4, -0.2) is 13.1 Å². The maximum atomic E-state index is 13.8. The van der Waals surface area contributed by atoms with E-state index >= 15 is 0 Å². The van der Waals surface area contributed by atoms with E-state index in [0.717, 1.165) is 12.8 Å². The molecule has 1 aliphatic rings. The fraction of sp³-hybridized carbons (Fsp3) is 0.400. The molecule has 0 spiro atoms. The Morgan fingerprint density at radius 3 is 2.53 bits per heavy atom. The second-order valence-electron chi connectivity index (χ2n) is 3.87. The maximum Gasteiger partial charge on any atom is 0.169 e. The number of nitrogens with two attached hydrogens (primary N) is 2. The van der Waals surface area contributed by atoms with Gasteiger partial charge in [-0.25, -0.2) is 4.39 Å². The smallest absolute Gasteiger partial charge is 0.169 e. The molecule has 3 nitrogen and oxygen atoms in total. The fourth-order valence-electron chi connectivity index (χ4n) is 1.66. The molecule has 0 aliphatic heterocycles. The monoisotopic (exact) mass is 229 g/mol. The predicted octanol–water partition coefficient (Wildman–Crippen LogP) is 2.24. The SMILES string of the molecule is CN(c1c(N)cc(N)c(Cl)c1F)C1CC1. The van der Waals surface area contributed by atoms with Crippen molar-refractivity contribution in [2.45, 2.75) is 18.9 Å². The summed E-state index contributed by atoms with van der Waals surface area (Å²) in [5, 5.41) is -0.0494. The maximum absolute atomic E-state index is 13.8. The molecular weight excluding hydrogens is 217 g/mol. The third kappa shape index (κ3) is 1.69. The van der Waals surface area contributed by atoms with Crippen molar-refractivity contribution < 1.29 is 4.39 Å². The number of nitrogens with zero attached hydrogens (tertiary/aromatic N) is 1. The van der Waals surface area contributed by atoms with Crippen molar-refractivity contribution in [3.05, 3.63) is 16.9 Å². The van der Waals surface area contributed by atoms with Crippen molar-refractivity contribution in [2.75, 3.05) is 23.4 Å². The van der Waals surface area contributed by atoms with Gasteiger partial charge in [-0.15, -0.1) is 0 Å². The van der Waals surface area contributed by atoms with Gasteiger partial charge in [0, 0.05) is 13.1 Å². The fourth-order valence-corrected chi connectivity index (χ4v) is 1.80. The van der Waals surface area contributed by atoms with E-state index < -0.39 is 5.82 Å². The molecule has 0 bridgehead atoms. The van der Waals surface area contributed by atoms with E-state index in [0.29, 0.717) is 17.4 Å². The topological polar surface area (TPSA) is 55.3 Å². The lowest BCUT2D eigenvalue weighted by Gasteiger charge is -2.22. The molecule has 0 atom stereocenters. The van der Waals surface area contributed by atoms with E-state index in [1.807, 2.05) is 11.9 Å². The summed E-state index contributed by atoms with van der Waals surface area (Å²) in [7, 11) is 1.82. The highest BCUT2D eigenvalue weighted by molar-refractivity contribution is 6.33. The van der Waals surface area contributed by atoms with Gasteiger partial charge in [-0.3, -0.25) is 0 Å². The largest absolute Gasteiger partial charge is 0.397 e. The van der Waals surface area contributed by atoms with Crippen LogP contribution in [0.5, 0.6) is 0 Å². The van der Waals surface area contributed by atoms with E-state index in [2.05, 4.69) is 0 Å². The van der Waals surface area contributed by atoms with Gasteiger partial charge in [-0.2, -0.15) is 0 Å². The highest BCUT2D eigenvalue weighted by Gasteiger charge is 2.30. The summed E-state index contributed by atoms with van der Waals surface area (Å²) in [6.45, 7) is 0. The highest BCUT2D eigenvalue weighted by atomic mass is 35.5. The van der Waals surface area contributed by atoms with Crippen LogP contribution >= 0.6 is 11.6 Å². The van der Waals surface area contributed by atoms with Gasteiger partial charge in [0.25, 0.3) is 0 Å². The number of nitrogen functional groups attached to an aromatic ring is 2. The molecule has 5 heteroatoms. The summed E-state index contributed by atoms with van der Waals surface area (Å²) in [4.78, 5) is 1.83. The predicted molar refractivity (Wildman–Crippen MR) is 61.7 cm³/mol. The molecule has 1 aromatic rings. The van der Waals surface area contributed by atoms with Crippen molar-refractivity contribution in [1.82, 2.24) is 0 Å². The average molecular weight is 230 g/mol. The summed E-state index contributed by atoms with van der Waals surface area (Å²) >= 11 is 5.74. The second-order valence-corrected chi connectivity index (χ2v) is 4.25. The first-order valence-corrected chi connectivity index (χ1v) is 5.16. The summed E-state index contributed by atoms with van der Waals surface area (Å²) < 4.78 is 13.8. The minimum absolute atomic E-state index is 0.0494. The van der Waals surface area contributed by atoms with Crippen LogP contribution in [0.25, 0.3) is 0 Å². The first-order valence-electron chi connectivity index (χ1n) is 4.78. The molecule has 4 N–H and O–H groups in total. The molecule has 0 radical (unpaired) electrons. The van der Waals surface area contributed by atoms with Crippen LogP contribution < -0.4 is 16.4 Å². The van der Waals surface area contributed by atoms with Crippen LogP contribution in [0.1, 0.15) is 12.8 Å². The molecule has 2 rings (SSSR count). The molecule has 1 aliphatic carbocycles. The van der Waals surface area contributed by atoms with Crippen molar-refractivity contribution in [3.63, 3.8) is 0 Å². The van der Waals surface area contributed by atoms with Gasteiger partial charge in [-0.1, -0.05) is 11.6 Å². The van der Waals surface area contributed by atoms with Gasteiger partial charge >= 0.3 is 0 Å². The molecule has 0 aromatic heterocycles. The molecule has 1 aromatic carbocycles. The van der Waals surface area contributed by atoms with Crippen molar-refractivity contribution >= 4 is 28.7 Å². The first kappa shape index (κ1) is 10.4. The Bertz CT molecular complexity index is 404. The Morgan fingerprint density at radius 2 is 2.00 bits per heavy atom.